The van der Waals surface area contributed by atoms with Gasteiger partial charge in [-0.2, -0.15) is 0 Å². The van der Waals surface area contributed by atoms with E-state index >= 15 is 0 Å². The Morgan fingerprint density at radius 2 is 1.83 bits per heavy atom. The first-order valence-electron chi connectivity index (χ1n) is 19.6. The molecule has 4 fully saturated rings. The Hall–Kier alpha value is -2.90. The maximum absolute atomic E-state index is 13.5. The number of aryl methyl sites for hydroxylation is 1. The van der Waals surface area contributed by atoms with Crippen LogP contribution in [0.15, 0.2) is 59.8 Å². The number of rotatable bonds is 12. The van der Waals surface area contributed by atoms with Gasteiger partial charge in [-0.05, 0) is 73.4 Å². The fourth-order valence-corrected chi connectivity index (χ4v) is 9.85. The first-order valence-corrected chi connectivity index (χ1v) is 19.9. The van der Waals surface area contributed by atoms with E-state index in [-0.39, 0.29) is 42.4 Å². The summed E-state index contributed by atoms with van der Waals surface area (Å²) in [7, 11) is 0. The molecule has 2 aromatic rings. The zero-order valence-corrected chi connectivity index (χ0v) is 32.7. The number of esters is 2. The molecule has 1 aromatic carbocycles. The molecule has 0 radical (unpaired) electrons. The summed E-state index contributed by atoms with van der Waals surface area (Å²) in [6, 6.07) is 12.5. The monoisotopic (exact) mass is 766 g/mol. The Balaban J connectivity index is 1.20. The van der Waals surface area contributed by atoms with E-state index in [1.54, 1.807) is 36.5 Å². The zero-order chi connectivity index (χ0) is 38.0. The first kappa shape index (κ1) is 39.3. The molecule has 5 aliphatic rings. The number of aromatic nitrogens is 1. The summed E-state index contributed by atoms with van der Waals surface area (Å²) in [4.78, 5) is 33.4. The van der Waals surface area contributed by atoms with Gasteiger partial charge in [-0.15, -0.1) is 0 Å². The molecule has 4 heterocycles. The van der Waals surface area contributed by atoms with E-state index in [2.05, 4.69) is 37.6 Å². The maximum atomic E-state index is 13.5. The van der Waals surface area contributed by atoms with Crippen molar-refractivity contribution in [2.75, 3.05) is 46.1 Å². The molecule has 0 bridgehead atoms. The third-order valence-corrected chi connectivity index (χ3v) is 12.9. The number of morpholine rings is 1. The molecule has 0 amide bonds. The molecule has 54 heavy (non-hydrogen) atoms. The largest absolute Gasteiger partial charge is 0.458 e. The van der Waals surface area contributed by atoms with Crippen molar-refractivity contribution in [1.82, 2.24) is 9.88 Å². The van der Waals surface area contributed by atoms with Gasteiger partial charge in [-0.25, -0.2) is 4.79 Å². The quantitative estimate of drug-likeness (QED) is 0.208. The predicted molar refractivity (Wildman–Crippen MR) is 201 cm³/mol. The zero-order valence-electron chi connectivity index (χ0n) is 31.9. The van der Waals surface area contributed by atoms with Crippen LogP contribution in [-0.4, -0.2) is 110 Å². The number of aliphatic hydroxyl groups is 1. The van der Waals surface area contributed by atoms with Crippen molar-refractivity contribution >= 4 is 23.5 Å². The number of hydrogen-bond donors (Lipinski definition) is 1. The summed E-state index contributed by atoms with van der Waals surface area (Å²) in [5, 5.41) is 11.5. The molecule has 1 saturated carbocycles. The van der Waals surface area contributed by atoms with Crippen molar-refractivity contribution in [3.63, 3.8) is 0 Å². The Morgan fingerprint density at radius 3 is 2.52 bits per heavy atom. The molecule has 11 nitrogen and oxygen atoms in total. The number of ether oxygens (including phenoxy) is 6. The van der Waals surface area contributed by atoms with Crippen LogP contribution in [0.2, 0.25) is 5.02 Å². The third kappa shape index (κ3) is 8.28. The van der Waals surface area contributed by atoms with Crippen molar-refractivity contribution in [2.45, 2.75) is 103 Å². The highest BCUT2D eigenvalue weighted by molar-refractivity contribution is 6.30. The smallest absolute Gasteiger partial charge is 0.338 e. The maximum Gasteiger partial charge on any atom is 0.338 e. The number of hydrogen-bond acceptors (Lipinski definition) is 11. The van der Waals surface area contributed by atoms with Gasteiger partial charge in [0.2, 0.25) is 0 Å². The van der Waals surface area contributed by atoms with Gasteiger partial charge < -0.3 is 33.5 Å². The summed E-state index contributed by atoms with van der Waals surface area (Å²) in [6.45, 7) is 12.4. The fourth-order valence-electron chi connectivity index (χ4n) is 9.73. The van der Waals surface area contributed by atoms with Gasteiger partial charge in [0.05, 0.1) is 55.6 Å². The Bertz CT molecular complexity index is 1650. The van der Waals surface area contributed by atoms with E-state index in [0.29, 0.717) is 49.8 Å². The Labute approximate surface area is 323 Å². The number of aliphatic hydroxyl groups excluding tert-OH is 1. The highest BCUT2D eigenvalue weighted by Gasteiger charge is 2.62. The standard InChI is InChI=1S/C42H55ClN2O9/c1-26-31(51-34(47)13-12-29-11-10-28(43)22-44-29)14-16-41(2,3)36(26)38-39(54-35(53-38)23-45-18-20-49-21-19-45)42(4)17-15-32-30(25-50-32)37(42)33(24-46)52-40(48)27-8-6-5-7-9-27/h5-11,22,30-33,35,37-39,46H,12-21,23-25H2,1-4H3/t30-,31+,32?,33-,35?,37?,38-,39?,42-/m1/s1. The van der Waals surface area contributed by atoms with Crippen LogP contribution in [0.4, 0.5) is 0 Å². The van der Waals surface area contributed by atoms with E-state index < -0.39 is 42.1 Å². The molecule has 3 aliphatic heterocycles. The molecule has 4 unspecified atom stereocenters. The third-order valence-electron chi connectivity index (χ3n) is 12.7. The van der Waals surface area contributed by atoms with Gasteiger partial charge in [-0.3, -0.25) is 14.7 Å². The van der Waals surface area contributed by atoms with Crippen molar-refractivity contribution in [1.29, 1.82) is 0 Å². The Kier molecular flexibility index (Phi) is 12.1. The molecule has 12 heteroatoms. The minimum Gasteiger partial charge on any atom is -0.458 e. The summed E-state index contributed by atoms with van der Waals surface area (Å²) in [5.41, 5.74) is 2.45. The second-order valence-electron chi connectivity index (χ2n) is 16.5. The minimum absolute atomic E-state index is 0.0245. The van der Waals surface area contributed by atoms with E-state index in [1.165, 1.54) is 0 Å². The lowest BCUT2D eigenvalue weighted by Gasteiger charge is -2.58. The normalized spacial score (nSPS) is 33.0. The van der Waals surface area contributed by atoms with Gasteiger partial charge in [0, 0.05) is 55.2 Å². The number of carbonyl (C=O) groups excluding carboxylic acids is 2. The highest BCUT2D eigenvalue weighted by atomic mass is 35.5. The molecule has 2 aliphatic carbocycles. The minimum atomic E-state index is -0.778. The van der Waals surface area contributed by atoms with E-state index in [4.69, 9.17) is 40.0 Å². The van der Waals surface area contributed by atoms with Crippen molar-refractivity contribution < 1.29 is 43.1 Å². The van der Waals surface area contributed by atoms with Gasteiger partial charge in [-0.1, -0.05) is 50.6 Å². The van der Waals surface area contributed by atoms with E-state index in [1.807, 2.05) is 12.1 Å². The summed E-state index contributed by atoms with van der Waals surface area (Å²) >= 11 is 6.00. The molecular weight excluding hydrogens is 712 g/mol. The van der Waals surface area contributed by atoms with Gasteiger partial charge >= 0.3 is 11.9 Å². The van der Waals surface area contributed by atoms with Crippen LogP contribution in [-0.2, 0) is 39.6 Å². The molecule has 9 atom stereocenters. The fraction of sp³-hybridized carbons (Fsp3) is 0.643. The van der Waals surface area contributed by atoms with E-state index in [0.717, 1.165) is 49.2 Å². The average molecular weight is 767 g/mol. The van der Waals surface area contributed by atoms with Crippen LogP contribution in [0.25, 0.3) is 0 Å². The van der Waals surface area contributed by atoms with Crippen LogP contribution < -0.4 is 0 Å². The van der Waals surface area contributed by atoms with Crippen LogP contribution in [0.1, 0.15) is 75.9 Å². The van der Waals surface area contributed by atoms with Crippen LogP contribution in [0.3, 0.4) is 0 Å². The molecular formula is C42H55ClN2O9. The summed E-state index contributed by atoms with van der Waals surface area (Å²) in [5.74, 6) is -0.927. The number of carbonyl (C=O) groups is 2. The molecule has 1 N–H and O–H groups in total. The highest BCUT2D eigenvalue weighted by Crippen LogP contribution is 2.58. The first-order chi connectivity index (χ1) is 26.0. The second kappa shape index (κ2) is 16.7. The topological polar surface area (TPSA) is 126 Å². The molecule has 294 valence electrons. The summed E-state index contributed by atoms with van der Waals surface area (Å²) in [6.07, 6.45) is 2.74. The van der Waals surface area contributed by atoms with Crippen LogP contribution in [0.5, 0.6) is 0 Å². The molecule has 1 aromatic heterocycles. The van der Waals surface area contributed by atoms with Crippen molar-refractivity contribution in [2.24, 2.45) is 22.7 Å². The predicted octanol–water partition coefficient (Wildman–Crippen LogP) is 5.81. The van der Waals surface area contributed by atoms with Crippen LogP contribution >= 0.6 is 11.6 Å². The lowest BCUT2D eigenvalue weighted by atomic mass is 9.54. The van der Waals surface area contributed by atoms with Crippen molar-refractivity contribution in [3.8, 4) is 0 Å². The number of benzene rings is 1. The molecule has 0 spiro atoms. The number of pyridine rings is 1. The van der Waals surface area contributed by atoms with Gasteiger partial charge in [0.1, 0.15) is 18.3 Å². The molecule has 3 saturated heterocycles. The van der Waals surface area contributed by atoms with Crippen LogP contribution in [0, 0.1) is 22.7 Å². The number of nitrogens with zero attached hydrogens (tertiary/aromatic N) is 2. The average Bonchev–Trinajstić information content (AvgIpc) is 3.57. The second-order valence-corrected chi connectivity index (χ2v) is 17.0. The van der Waals surface area contributed by atoms with Crippen molar-refractivity contribution in [3.05, 3.63) is 76.1 Å². The number of fused-ring (bicyclic) bond motifs is 1. The summed E-state index contributed by atoms with van der Waals surface area (Å²) < 4.78 is 38.3. The van der Waals surface area contributed by atoms with Gasteiger partial charge in [0.25, 0.3) is 0 Å². The SMILES string of the molecule is CC1=C([C@H]2OC(CN3CCOCC3)OC2[C@]2(C)CCC3OC[C@H]3C2[C@@H](CO)OC(=O)c2ccccc2)C(C)(C)CC[C@@H]1OC(=O)CCc1ccc(Cl)cn1. The lowest BCUT2D eigenvalue weighted by Crippen LogP contribution is -2.63. The number of halogens is 1. The molecule has 7 rings (SSSR count). The van der Waals surface area contributed by atoms with Gasteiger partial charge in [0.15, 0.2) is 6.29 Å². The lowest BCUT2D eigenvalue weighted by molar-refractivity contribution is -0.236. The van der Waals surface area contributed by atoms with E-state index in [9.17, 15) is 14.7 Å². The Morgan fingerprint density at radius 1 is 1.06 bits per heavy atom.